The number of carbonyl (C=O) groups is 1. The van der Waals surface area contributed by atoms with Crippen LogP contribution in [0.1, 0.15) is 39.0 Å². The van der Waals surface area contributed by atoms with Crippen LogP contribution in [0.2, 0.25) is 0 Å². The molecule has 0 spiro atoms. The minimum Gasteiger partial charge on any atom is -0.340 e. The summed E-state index contributed by atoms with van der Waals surface area (Å²) in [4.78, 5) is 13.7. The van der Waals surface area contributed by atoms with Crippen LogP contribution in [0.5, 0.6) is 0 Å². The van der Waals surface area contributed by atoms with Gasteiger partial charge >= 0.3 is 0 Å². The molecular formula is C12H22N2O. The molecule has 2 rings (SSSR count). The van der Waals surface area contributed by atoms with Crippen molar-refractivity contribution in [2.24, 2.45) is 5.41 Å². The van der Waals surface area contributed by atoms with E-state index in [-0.39, 0.29) is 5.91 Å². The molecule has 0 atom stereocenters. The molecule has 1 amide bonds. The number of piperazine rings is 1. The molecule has 1 saturated carbocycles. The molecular weight excluding hydrogens is 188 g/mol. The largest absolute Gasteiger partial charge is 0.340 e. The second kappa shape index (κ2) is 4.52. The monoisotopic (exact) mass is 210 g/mol. The van der Waals surface area contributed by atoms with Crippen LogP contribution in [0.4, 0.5) is 0 Å². The van der Waals surface area contributed by atoms with E-state index in [1.807, 2.05) is 0 Å². The standard InChI is InChI=1S/C12H22N2O/c1-12(5-3-2-4-6-12)10-14-8-7-13-9-11(14)15/h13H,2-10H2,1H3. The lowest BCUT2D eigenvalue weighted by Crippen LogP contribution is -2.51. The van der Waals surface area contributed by atoms with Crippen molar-refractivity contribution in [1.82, 2.24) is 10.2 Å². The Kier molecular flexibility index (Phi) is 3.29. The second-order valence-corrected chi connectivity index (χ2v) is 5.36. The molecule has 0 bridgehead atoms. The highest BCUT2D eigenvalue weighted by Gasteiger charge is 2.31. The van der Waals surface area contributed by atoms with E-state index in [9.17, 15) is 4.79 Å². The van der Waals surface area contributed by atoms with Gasteiger partial charge in [-0.1, -0.05) is 26.2 Å². The zero-order valence-corrected chi connectivity index (χ0v) is 9.72. The molecule has 1 aliphatic carbocycles. The Bertz CT molecular complexity index is 234. The van der Waals surface area contributed by atoms with E-state index in [1.165, 1.54) is 32.1 Å². The summed E-state index contributed by atoms with van der Waals surface area (Å²) < 4.78 is 0. The van der Waals surface area contributed by atoms with Gasteiger partial charge in [-0.05, 0) is 18.3 Å². The Morgan fingerprint density at radius 1 is 1.33 bits per heavy atom. The number of hydrogen-bond acceptors (Lipinski definition) is 2. The Morgan fingerprint density at radius 2 is 2.07 bits per heavy atom. The minimum absolute atomic E-state index is 0.285. The van der Waals surface area contributed by atoms with Crippen LogP contribution in [0, 0.1) is 5.41 Å². The molecule has 3 nitrogen and oxygen atoms in total. The highest BCUT2D eigenvalue weighted by Crippen LogP contribution is 2.36. The molecule has 0 radical (unpaired) electrons. The first-order valence-electron chi connectivity index (χ1n) is 6.18. The lowest BCUT2D eigenvalue weighted by atomic mass is 9.75. The Morgan fingerprint density at radius 3 is 2.73 bits per heavy atom. The van der Waals surface area contributed by atoms with Crippen molar-refractivity contribution < 1.29 is 4.79 Å². The molecule has 1 aliphatic heterocycles. The molecule has 0 aromatic heterocycles. The molecule has 1 heterocycles. The third-order valence-electron chi connectivity index (χ3n) is 3.82. The van der Waals surface area contributed by atoms with E-state index in [1.54, 1.807) is 0 Å². The van der Waals surface area contributed by atoms with E-state index in [2.05, 4.69) is 17.1 Å². The fourth-order valence-electron chi connectivity index (χ4n) is 2.84. The second-order valence-electron chi connectivity index (χ2n) is 5.36. The molecule has 3 heteroatoms. The maximum Gasteiger partial charge on any atom is 0.236 e. The van der Waals surface area contributed by atoms with Crippen LogP contribution in [0.15, 0.2) is 0 Å². The van der Waals surface area contributed by atoms with Crippen molar-refractivity contribution in [3.8, 4) is 0 Å². The summed E-state index contributed by atoms with van der Waals surface area (Å²) in [6.45, 7) is 5.72. The Balaban J connectivity index is 1.91. The molecule has 2 aliphatic rings. The van der Waals surface area contributed by atoms with Gasteiger partial charge in [-0.25, -0.2) is 0 Å². The van der Waals surface area contributed by atoms with Gasteiger partial charge in [0.1, 0.15) is 0 Å². The van der Waals surface area contributed by atoms with E-state index < -0.39 is 0 Å². The predicted octanol–water partition coefficient (Wildman–Crippen LogP) is 1.39. The lowest BCUT2D eigenvalue weighted by Gasteiger charge is -2.39. The number of amides is 1. The number of carbonyl (C=O) groups excluding carboxylic acids is 1. The van der Waals surface area contributed by atoms with Gasteiger partial charge in [-0.2, -0.15) is 0 Å². The number of nitrogens with one attached hydrogen (secondary N) is 1. The fraction of sp³-hybridized carbons (Fsp3) is 0.917. The van der Waals surface area contributed by atoms with E-state index >= 15 is 0 Å². The summed E-state index contributed by atoms with van der Waals surface area (Å²) in [5.41, 5.74) is 0.394. The normalized spacial score (nSPS) is 26.7. The molecule has 0 aromatic carbocycles. The highest BCUT2D eigenvalue weighted by molar-refractivity contribution is 5.79. The van der Waals surface area contributed by atoms with Crippen molar-refractivity contribution in [2.75, 3.05) is 26.2 Å². The zero-order valence-electron chi connectivity index (χ0n) is 9.72. The maximum atomic E-state index is 11.7. The maximum absolute atomic E-state index is 11.7. The molecule has 1 N–H and O–H groups in total. The first kappa shape index (κ1) is 10.9. The molecule has 86 valence electrons. The van der Waals surface area contributed by atoms with Gasteiger partial charge in [-0.15, -0.1) is 0 Å². The fourth-order valence-corrected chi connectivity index (χ4v) is 2.84. The summed E-state index contributed by atoms with van der Waals surface area (Å²) in [5.74, 6) is 0.285. The van der Waals surface area contributed by atoms with Gasteiger partial charge in [0.25, 0.3) is 0 Å². The third kappa shape index (κ3) is 2.71. The average Bonchev–Trinajstić information content (AvgIpc) is 2.22. The predicted molar refractivity (Wildman–Crippen MR) is 60.6 cm³/mol. The first-order chi connectivity index (χ1) is 7.20. The minimum atomic E-state index is 0.285. The van der Waals surface area contributed by atoms with Crippen molar-refractivity contribution in [3.63, 3.8) is 0 Å². The van der Waals surface area contributed by atoms with Crippen molar-refractivity contribution in [1.29, 1.82) is 0 Å². The van der Waals surface area contributed by atoms with E-state index in [0.717, 1.165) is 19.6 Å². The van der Waals surface area contributed by atoms with Gasteiger partial charge in [-0.3, -0.25) is 4.79 Å². The topological polar surface area (TPSA) is 32.3 Å². The molecule has 0 unspecified atom stereocenters. The average molecular weight is 210 g/mol. The SMILES string of the molecule is CC1(CN2CCNCC2=O)CCCCC1. The van der Waals surface area contributed by atoms with Crippen LogP contribution in [-0.4, -0.2) is 37.0 Å². The summed E-state index contributed by atoms with van der Waals surface area (Å²) in [6, 6.07) is 0. The zero-order chi connectivity index (χ0) is 10.7. The summed E-state index contributed by atoms with van der Waals surface area (Å²) in [5, 5.41) is 3.12. The summed E-state index contributed by atoms with van der Waals surface area (Å²) >= 11 is 0. The lowest BCUT2D eigenvalue weighted by molar-refractivity contribution is -0.133. The van der Waals surface area contributed by atoms with E-state index in [4.69, 9.17) is 0 Å². The van der Waals surface area contributed by atoms with Gasteiger partial charge in [0, 0.05) is 19.6 Å². The summed E-state index contributed by atoms with van der Waals surface area (Å²) in [6.07, 6.45) is 6.66. The van der Waals surface area contributed by atoms with Crippen molar-refractivity contribution in [3.05, 3.63) is 0 Å². The van der Waals surface area contributed by atoms with Crippen LogP contribution >= 0.6 is 0 Å². The van der Waals surface area contributed by atoms with Crippen LogP contribution in [-0.2, 0) is 4.79 Å². The van der Waals surface area contributed by atoms with Gasteiger partial charge in [0.15, 0.2) is 0 Å². The highest BCUT2D eigenvalue weighted by atomic mass is 16.2. The molecule has 1 saturated heterocycles. The third-order valence-corrected chi connectivity index (χ3v) is 3.82. The number of hydrogen-bond donors (Lipinski definition) is 1. The van der Waals surface area contributed by atoms with Gasteiger partial charge in [0.05, 0.1) is 6.54 Å². The smallest absolute Gasteiger partial charge is 0.236 e. The van der Waals surface area contributed by atoms with Crippen LogP contribution in [0.3, 0.4) is 0 Å². The first-order valence-corrected chi connectivity index (χ1v) is 6.18. The number of nitrogens with zero attached hydrogens (tertiary/aromatic N) is 1. The van der Waals surface area contributed by atoms with Gasteiger partial charge < -0.3 is 10.2 Å². The van der Waals surface area contributed by atoms with Gasteiger partial charge in [0.2, 0.25) is 5.91 Å². The molecule has 0 aromatic rings. The van der Waals surface area contributed by atoms with Crippen molar-refractivity contribution >= 4 is 5.91 Å². The van der Waals surface area contributed by atoms with E-state index in [0.29, 0.717) is 12.0 Å². The Hall–Kier alpha value is -0.570. The quantitative estimate of drug-likeness (QED) is 0.747. The van der Waals surface area contributed by atoms with Crippen molar-refractivity contribution in [2.45, 2.75) is 39.0 Å². The molecule has 2 fully saturated rings. The number of rotatable bonds is 2. The Labute approximate surface area is 92.2 Å². The van der Waals surface area contributed by atoms with Crippen LogP contribution < -0.4 is 5.32 Å². The van der Waals surface area contributed by atoms with Crippen LogP contribution in [0.25, 0.3) is 0 Å². The summed E-state index contributed by atoms with van der Waals surface area (Å²) in [7, 11) is 0. The molecule has 15 heavy (non-hydrogen) atoms.